The van der Waals surface area contributed by atoms with E-state index in [0.29, 0.717) is 17.9 Å². The van der Waals surface area contributed by atoms with Crippen molar-refractivity contribution < 1.29 is 0 Å². The van der Waals surface area contributed by atoms with Crippen molar-refractivity contribution in [2.45, 2.75) is 6.92 Å². The monoisotopic (exact) mass is 437 g/mol. The summed E-state index contributed by atoms with van der Waals surface area (Å²) in [4.78, 5) is 34.4. The molecule has 2 heterocycles. The van der Waals surface area contributed by atoms with E-state index in [1.807, 2.05) is 73.7 Å². The lowest BCUT2D eigenvalue weighted by Gasteiger charge is -2.11. The van der Waals surface area contributed by atoms with Crippen LogP contribution >= 0.6 is 0 Å². The van der Waals surface area contributed by atoms with Crippen LogP contribution in [0, 0.1) is 11.8 Å². The van der Waals surface area contributed by atoms with Crippen molar-refractivity contribution in [3.05, 3.63) is 104 Å². The van der Waals surface area contributed by atoms with E-state index in [1.165, 1.54) is 11.6 Å². The molecule has 0 fully saturated rings. The number of hydrogen-bond acceptors (Lipinski definition) is 5. The molecule has 0 saturated carbocycles. The highest BCUT2D eigenvalue weighted by Crippen LogP contribution is 2.18. The van der Waals surface area contributed by atoms with Gasteiger partial charge >= 0.3 is 5.69 Å². The minimum absolute atomic E-state index is 0.0961. The Morgan fingerprint density at radius 3 is 2.27 bits per heavy atom. The summed E-state index contributed by atoms with van der Waals surface area (Å²) in [5.41, 5.74) is 2.79. The van der Waals surface area contributed by atoms with Crippen molar-refractivity contribution in [3.8, 4) is 11.8 Å². The Balaban J connectivity index is 2.01. The molecule has 0 aliphatic heterocycles. The molecule has 0 spiro atoms. The molecule has 0 amide bonds. The Morgan fingerprint density at radius 2 is 1.61 bits per heavy atom. The van der Waals surface area contributed by atoms with Gasteiger partial charge < -0.3 is 5.32 Å². The van der Waals surface area contributed by atoms with Gasteiger partial charge in [0.25, 0.3) is 5.56 Å². The molecule has 164 valence electrons. The molecule has 1 N–H and O–H groups in total. The summed E-state index contributed by atoms with van der Waals surface area (Å²) in [5, 5.41) is 3.35. The molecule has 0 aliphatic carbocycles. The van der Waals surface area contributed by atoms with Gasteiger partial charge in [0.2, 0.25) is 0 Å². The fourth-order valence-corrected chi connectivity index (χ4v) is 3.40. The molecule has 0 radical (unpaired) electrons. The molecule has 7 heteroatoms. The summed E-state index contributed by atoms with van der Waals surface area (Å²) in [6.45, 7) is 2.71. The smallest absolute Gasteiger partial charge is 0.332 e. The molecule has 7 nitrogen and oxygen atoms in total. The molecule has 4 aromatic rings. The van der Waals surface area contributed by atoms with Gasteiger partial charge in [0.15, 0.2) is 11.2 Å². The Bertz CT molecular complexity index is 1520. The molecule has 0 aliphatic rings. The van der Waals surface area contributed by atoms with E-state index in [4.69, 9.17) is 0 Å². The zero-order valence-corrected chi connectivity index (χ0v) is 18.7. The first kappa shape index (κ1) is 21.8. The van der Waals surface area contributed by atoms with Crippen LogP contribution in [0.15, 0.2) is 70.3 Å². The number of nitrogens with one attached hydrogen (secondary N) is 1. The molecule has 4 rings (SSSR count). The van der Waals surface area contributed by atoms with E-state index in [1.54, 1.807) is 7.05 Å². The predicted molar refractivity (Wildman–Crippen MR) is 130 cm³/mol. The minimum atomic E-state index is -0.506. The highest BCUT2D eigenvalue weighted by atomic mass is 16.2. The maximum absolute atomic E-state index is 12.8. The minimum Gasteiger partial charge on any atom is -0.385 e. The van der Waals surface area contributed by atoms with E-state index in [0.717, 1.165) is 21.4 Å². The van der Waals surface area contributed by atoms with Crippen LogP contribution in [-0.4, -0.2) is 25.6 Å². The van der Waals surface area contributed by atoms with Gasteiger partial charge in [-0.1, -0.05) is 54.5 Å². The summed E-state index contributed by atoms with van der Waals surface area (Å²) in [6.07, 6.45) is 1.85. The number of aryl methyl sites for hydroxylation is 1. The fourth-order valence-electron chi connectivity index (χ4n) is 3.40. The lowest BCUT2D eigenvalue weighted by atomic mass is 10.1. The average molecular weight is 438 g/mol. The quantitative estimate of drug-likeness (QED) is 0.496. The van der Waals surface area contributed by atoms with E-state index in [2.05, 4.69) is 27.1 Å². The topological polar surface area (TPSA) is 81.8 Å². The summed E-state index contributed by atoms with van der Waals surface area (Å²) in [6, 6.07) is 19.4. The van der Waals surface area contributed by atoms with Crippen molar-refractivity contribution in [2.75, 3.05) is 6.54 Å². The summed E-state index contributed by atoms with van der Waals surface area (Å²) in [7, 11) is 3.00. The maximum atomic E-state index is 12.8. The van der Waals surface area contributed by atoms with Crippen LogP contribution in [-0.2, 0) is 14.1 Å². The van der Waals surface area contributed by atoms with Crippen molar-refractivity contribution in [1.29, 1.82) is 0 Å². The number of fused-ring (bicyclic) bond motifs is 1. The summed E-state index contributed by atoms with van der Waals surface area (Å²) in [5.74, 6) is 6.16. The van der Waals surface area contributed by atoms with Gasteiger partial charge in [-0.05, 0) is 36.6 Å². The zero-order valence-electron chi connectivity index (χ0n) is 18.7. The second-order valence-corrected chi connectivity index (χ2v) is 7.41. The van der Waals surface area contributed by atoms with Crippen LogP contribution in [0.5, 0.6) is 0 Å². The van der Waals surface area contributed by atoms with Crippen molar-refractivity contribution in [2.24, 2.45) is 14.1 Å². The molecule has 2 aromatic carbocycles. The largest absolute Gasteiger partial charge is 0.385 e. The fraction of sp³-hybridized carbons (Fsp3) is 0.154. The predicted octanol–water partition coefficient (Wildman–Crippen LogP) is 2.53. The van der Waals surface area contributed by atoms with Gasteiger partial charge in [-0.15, -0.1) is 0 Å². The molecule has 0 bridgehead atoms. The number of rotatable bonds is 4. The van der Waals surface area contributed by atoms with Gasteiger partial charge in [-0.3, -0.25) is 13.9 Å². The van der Waals surface area contributed by atoms with Crippen molar-refractivity contribution >= 4 is 22.9 Å². The second-order valence-electron chi connectivity index (χ2n) is 7.41. The molecule has 0 unspecified atom stereocenters. The first-order valence-electron chi connectivity index (χ1n) is 10.6. The van der Waals surface area contributed by atoms with E-state index < -0.39 is 11.2 Å². The SMILES string of the molecule is CCN/C(=C\c1nc2c(nc1C#Cc1ccccc1)c(=O)n(C)c(=O)n2C)c1ccccc1. The van der Waals surface area contributed by atoms with Crippen molar-refractivity contribution in [3.63, 3.8) is 0 Å². The van der Waals surface area contributed by atoms with Crippen LogP contribution < -0.4 is 16.6 Å². The highest BCUT2D eigenvalue weighted by Gasteiger charge is 2.15. The summed E-state index contributed by atoms with van der Waals surface area (Å²) >= 11 is 0. The third kappa shape index (κ3) is 4.46. The van der Waals surface area contributed by atoms with Crippen LogP contribution in [0.1, 0.15) is 29.4 Å². The van der Waals surface area contributed by atoms with Gasteiger partial charge in [-0.25, -0.2) is 14.8 Å². The Labute approximate surface area is 191 Å². The maximum Gasteiger partial charge on any atom is 0.332 e. The van der Waals surface area contributed by atoms with Gasteiger partial charge in [0, 0.05) is 31.9 Å². The van der Waals surface area contributed by atoms with Crippen LogP contribution in [0.2, 0.25) is 0 Å². The van der Waals surface area contributed by atoms with Crippen molar-refractivity contribution in [1.82, 2.24) is 24.4 Å². The number of aromatic nitrogens is 4. The average Bonchev–Trinajstić information content (AvgIpc) is 2.86. The number of hydrogen-bond donors (Lipinski definition) is 1. The third-order valence-electron chi connectivity index (χ3n) is 5.14. The highest BCUT2D eigenvalue weighted by molar-refractivity contribution is 5.82. The second kappa shape index (κ2) is 9.37. The molecule has 0 atom stereocenters. The first-order chi connectivity index (χ1) is 16.0. The number of benzene rings is 2. The van der Waals surface area contributed by atoms with E-state index in [9.17, 15) is 9.59 Å². The normalized spacial score (nSPS) is 11.2. The Morgan fingerprint density at radius 1 is 0.939 bits per heavy atom. The standard InChI is InChI=1S/C26H23N5O2/c1-4-27-21(19-13-9-6-10-14-19)17-22-20(16-15-18-11-7-5-8-12-18)28-23-24(29-22)30(2)26(33)31(3)25(23)32/h5-14,17,27H,4H2,1-3H3/b21-17-. The van der Waals surface area contributed by atoms with Crippen LogP contribution in [0.25, 0.3) is 22.9 Å². The van der Waals surface area contributed by atoms with Crippen LogP contribution in [0.3, 0.4) is 0 Å². The molecule has 2 aromatic heterocycles. The molecule has 33 heavy (non-hydrogen) atoms. The Hall–Kier alpha value is -4.44. The van der Waals surface area contributed by atoms with Gasteiger partial charge in [0.05, 0.1) is 0 Å². The lowest BCUT2D eigenvalue weighted by Crippen LogP contribution is -2.38. The lowest BCUT2D eigenvalue weighted by molar-refractivity contribution is 0.703. The molecular formula is C26H23N5O2. The number of nitrogens with zero attached hydrogens (tertiary/aromatic N) is 4. The van der Waals surface area contributed by atoms with Gasteiger partial charge in [-0.2, -0.15) is 0 Å². The van der Waals surface area contributed by atoms with Crippen LogP contribution in [0.4, 0.5) is 0 Å². The van der Waals surface area contributed by atoms with Gasteiger partial charge in [0.1, 0.15) is 11.4 Å². The molecule has 0 saturated heterocycles. The van der Waals surface area contributed by atoms with E-state index >= 15 is 0 Å². The van der Waals surface area contributed by atoms with E-state index in [-0.39, 0.29) is 11.2 Å². The third-order valence-corrected chi connectivity index (χ3v) is 5.14. The molecular weight excluding hydrogens is 414 g/mol. The summed E-state index contributed by atoms with van der Waals surface area (Å²) < 4.78 is 2.35. The first-order valence-corrected chi connectivity index (χ1v) is 10.6. The zero-order chi connectivity index (χ0) is 23.4. The Kier molecular flexibility index (Phi) is 6.18.